The smallest absolute Gasteiger partial charge is 0.216 e. The third kappa shape index (κ3) is 5.78. The average Bonchev–Trinajstić information content (AvgIpc) is 3.08. The molecule has 0 amide bonds. The van der Waals surface area contributed by atoms with Crippen molar-refractivity contribution in [2.24, 2.45) is 4.99 Å². The number of nitrogens with zero attached hydrogens (tertiary/aromatic N) is 3. The lowest BCUT2D eigenvalue weighted by molar-refractivity contribution is 0.464. The molecule has 25 heavy (non-hydrogen) atoms. The first-order valence-corrected chi connectivity index (χ1v) is 8.76. The van der Waals surface area contributed by atoms with Crippen LogP contribution in [0.15, 0.2) is 52.5 Å². The van der Waals surface area contributed by atoms with Crippen LogP contribution in [0.5, 0.6) is 0 Å². The lowest BCUT2D eigenvalue weighted by Gasteiger charge is -2.21. The van der Waals surface area contributed by atoms with Crippen LogP contribution < -0.4 is 5.32 Å². The highest BCUT2D eigenvalue weighted by Crippen LogP contribution is 2.21. The molecule has 134 valence electrons. The monoisotopic (exact) mass is 340 g/mol. The van der Waals surface area contributed by atoms with Crippen molar-refractivity contribution in [1.29, 1.82) is 0 Å². The van der Waals surface area contributed by atoms with E-state index in [0.717, 1.165) is 43.2 Å². The summed E-state index contributed by atoms with van der Waals surface area (Å²) in [5.41, 5.74) is 2.25. The van der Waals surface area contributed by atoms with Gasteiger partial charge in [-0.25, -0.2) is 9.98 Å². The third-order valence-electron chi connectivity index (χ3n) is 3.85. The highest BCUT2D eigenvalue weighted by molar-refractivity contribution is 5.79. The summed E-state index contributed by atoms with van der Waals surface area (Å²) in [4.78, 5) is 11.1. The van der Waals surface area contributed by atoms with Crippen LogP contribution in [0.2, 0.25) is 0 Å². The molecular weight excluding hydrogens is 312 g/mol. The highest BCUT2D eigenvalue weighted by atomic mass is 16.4. The van der Waals surface area contributed by atoms with Crippen LogP contribution in [-0.4, -0.2) is 36.0 Å². The number of aryl methyl sites for hydroxylation is 1. The quantitative estimate of drug-likeness (QED) is 0.341. The molecule has 1 heterocycles. The summed E-state index contributed by atoms with van der Waals surface area (Å²) in [5.74, 6) is 2.25. The van der Waals surface area contributed by atoms with Gasteiger partial charge in [-0.2, -0.15) is 0 Å². The number of aliphatic imine (C=N–C) groups is 1. The van der Waals surface area contributed by atoms with E-state index in [9.17, 15) is 0 Å². The summed E-state index contributed by atoms with van der Waals surface area (Å²) in [5, 5.41) is 3.30. The summed E-state index contributed by atoms with van der Waals surface area (Å²) in [6, 6.07) is 8.22. The molecular formula is C20H28N4O. The van der Waals surface area contributed by atoms with E-state index in [1.807, 2.05) is 25.3 Å². The van der Waals surface area contributed by atoms with Crippen molar-refractivity contribution < 1.29 is 4.42 Å². The molecule has 0 aliphatic carbocycles. The number of allylic oxidation sites excluding steroid dienone is 1. The van der Waals surface area contributed by atoms with Gasteiger partial charge in [0.1, 0.15) is 6.54 Å². The first-order chi connectivity index (χ1) is 12.1. The first-order valence-electron chi connectivity index (χ1n) is 8.76. The summed E-state index contributed by atoms with van der Waals surface area (Å²) in [6.07, 6.45) is 5.76. The topological polar surface area (TPSA) is 53.7 Å². The second-order valence-electron chi connectivity index (χ2n) is 6.01. The first kappa shape index (κ1) is 18.8. The van der Waals surface area contributed by atoms with Crippen molar-refractivity contribution in [2.45, 2.75) is 33.2 Å². The average molecular weight is 340 g/mol. The second-order valence-corrected chi connectivity index (χ2v) is 6.01. The number of oxazole rings is 1. The van der Waals surface area contributed by atoms with Gasteiger partial charge in [-0.05, 0) is 26.7 Å². The maximum Gasteiger partial charge on any atom is 0.216 e. The van der Waals surface area contributed by atoms with Gasteiger partial charge in [0, 0.05) is 25.7 Å². The lowest BCUT2D eigenvalue weighted by Crippen LogP contribution is -2.39. The minimum atomic E-state index is 0.417. The van der Waals surface area contributed by atoms with Crippen LogP contribution in [-0.2, 0) is 6.54 Å². The lowest BCUT2D eigenvalue weighted by atomic mass is 10.1. The number of nitrogens with one attached hydrogen (secondary N) is 1. The van der Waals surface area contributed by atoms with Crippen LogP contribution in [0.4, 0.5) is 0 Å². The Bertz CT molecular complexity index is 688. The van der Waals surface area contributed by atoms with E-state index < -0.39 is 0 Å². The Kier molecular flexibility index (Phi) is 7.26. The standard InChI is InChI=1S/C20H28N4O/c1-5-7-8-13-24(4)20(21-6-2)23-15-19-22-14-18(25-19)17-11-9-16(3)10-12-17/h5,9-12,14H,1,6-8,13,15H2,2-4H3,(H,21,23). The number of benzene rings is 1. The van der Waals surface area contributed by atoms with Crippen LogP contribution in [0, 0.1) is 6.92 Å². The zero-order valence-corrected chi connectivity index (χ0v) is 15.5. The Hall–Kier alpha value is -2.56. The van der Waals surface area contributed by atoms with Crippen molar-refractivity contribution >= 4 is 5.96 Å². The van der Waals surface area contributed by atoms with Crippen LogP contribution >= 0.6 is 0 Å². The molecule has 1 N–H and O–H groups in total. The van der Waals surface area contributed by atoms with E-state index >= 15 is 0 Å². The van der Waals surface area contributed by atoms with Crippen LogP contribution in [0.3, 0.4) is 0 Å². The largest absolute Gasteiger partial charge is 0.439 e. The second kappa shape index (κ2) is 9.67. The third-order valence-corrected chi connectivity index (χ3v) is 3.85. The number of aromatic nitrogens is 1. The summed E-state index contributed by atoms with van der Waals surface area (Å²) < 4.78 is 5.84. The maximum absolute atomic E-state index is 5.84. The molecule has 1 aromatic heterocycles. The molecule has 0 aliphatic rings. The van der Waals surface area contributed by atoms with Crippen molar-refractivity contribution in [3.05, 3.63) is 54.6 Å². The van der Waals surface area contributed by atoms with Crippen molar-refractivity contribution in [2.75, 3.05) is 20.1 Å². The van der Waals surface area contributed by atoms with Gasteiger partial charge in [-0.3, -0.25) is 0 Å². The molecule has 5 heteroatoms. The maximum atomic E-state index is 5.84. The molecule has 0 radical (unpaired) electrons. The Labute approximate surface area is 150 Å². The normalized spacial score (nSPS) is 11.4. The van der Waals surface area contributed by atoms with E-state index in [1.54, 1.807) is 6.20 Å². The van der Waals surface area contributed by atoms with Crippen LogP contribution in [0.25, 0.3) is 11.3 Å². The van der Waals surface area contributed by atoms with Crippen molar-refractivity contribution in [1.82, 2.24) is 15.2 Å². The summed E-state index contributed by atoms with van der Waals surface area (Å²) in [6.45, 7) is 10.1. The van der Waals surface area contributed by atoms with Gasteiger partial charge in [-0.15, -0.1) is 6.58 Å². The molecule has 0 saturated heterocycles. The van der Waals surface area contributed by atoms with Gasteiger partial charge in [0.15, 0.2) is 11.7 Å². The van der Waals surface area contributed by atoms with E-state index in [2.05, 4.69) is 52.8 Å². The SMILES string of the molecule is C=CCCCN(C)C(=NCc1ncc(-c2ccc(C)cc2)o1)NCC. The van der Waals surface area contributed by atoms with Crippen molar-refractivity contribution in [3.63, 3.8) is 0 Å². The minimum absolute atomic E-state index is 0.417. The molecule has 2 rings (SSSR count). The fraction of sp³-hybridized carbons (Fsp3) is 0.400. The number of guanidine groups is 1. The number of rotatable bonds is 8. The molecule has 0 fully saturated rings. The van der Waals surface area contributed by atoms with Gasteiger partial charge < -0.3 is 14.6 Å². The number of hydrogen-bond donors (Lipinski definition) is 1. The summed E-state index contributed by atoms with van der Waals surface area (Å²) in [7, 11) is 2.04. The Balaban J connectivity index is 2.02. The van der Waals surface area contributed by atoms with E-state index in [1.165, 1.54) is 5.56 Å². The minimum Gasteiger partial charge on any atom is -0.439 e. The zero-order chi connectivity index (χ0) is 18.1. The fourth-order valence-electron chi connectivity index (χ4n) is 2.43. The highest BCUT2D eigenvalue weighted by Gasteiger charge is 2.08. The van der Waals surface area contributed by atoms with E-state index in [0.29, 0.717) is 12.4 Å². The molecule has 0 saturated carbocycles. The molecule has 0 aliphatic heterocycles. The number of unbranched alkanes of at least 4 members (excludes halogenated alkanes) is 1. The van der Waals surface area contributed by atoms with Gasteiger partial charge in [-0.1, -0.05) is 35.9 Å². The summed E-state index contributed by atoms with van der Waals surface area (Å²) >= 11 is 0. The zero-order valence-electron chi connectivity index (χ0n) is 15.5. The molecule has 5 nitrogen and oxygen atoms in total. The Morgan fingerprint density at radius 3 is 2.80 bits per heavy atom. The van der Waals surface area contributed by atoms with Gasteiger partial charge in [0.05, 0.1) is 6.20 Å². The molecule has 0 bridgehead atoms. The fourth-order valence-corrected chi connectivity index (χ4v) is 2.43. The predicted molar refractivity (Wildman–Crippen MR) is 104 cm³/mol. The predicted octanol–water partition coefficient (Wildman–Crippen LogP) is 4.01. The Morgan fingerprint density at radius 1 is 1.36 bits per heavy atom. The molecule has 0 spiro atoms. The molecule has 0 atom stereocenters. The van der Waals surface area contributed by atoms with E-state index in [4.69, 9.17) is 4.42 Å². The molecule has 1 aromatic carbocycles. The van der Waals surface area contributed by atoms with Crippen molar-refractivity contribution in [3.8, 4) is 11.3 Å². The molecule has 2 aromatic rings. The van der Waals surface area contributed by atoms with Gasteiger partial charge in [0.25, 0.3) is 0 Å². The van der Waals surface area contributed by atoms with E-state index in [-0.39, 0.29) is 0 Å². The van der Waals surface area contributed by atoms with Gasteiger partial charge in [0.2, 0.25) is 5.89 Å². The number of hydrogen-bond acceptors (Lipinski definition) is 3. The molecule has 0 unspecified atom stereocenters. The Morgan fingerprint density at radius 2 is 2.12 bits per heavy atom. The van der Waals surface area contributed by atoms with Crippen LogP contribution in [0.1, 0.15) is 31.2 Å². The van der Waals surface area contributed by atoms with Gasteiger partial charge >= 0.3 is 0 Å².